The molecule has 0 aliphatic heterocycles. The minimum absolute atomic E-state index is 0.0336. The molecular weight excluding hydrogens is 1720 g/mol. The van der Waals surface area contributed by atoms with Gasteiger partial charge in [0.05, 0.1) is 121 Å². The summed E-state index contributed by atoms with van der Waals surface area (Å²) in [6.45, 7) is 1.94. The molecule has 0 N–H and O–H groups in total. The molecule has 0 aliphatic carbocycles. The molecule has 0 atom stereocenters. The van der Waals surface area contributed by atoms with Crippen LogP contribution in [0.1, 0.15) is 95.7 Å². The highest BCUT2D eigenvalue weighted by molar-refractivity contribution is 7.10. The molecule has 24 nitrogen and oxygen atoms in total. The number of halogens is 9. The zero-order valence-corrected chi connectivity index (χ0v) is 71.6. The molecule has 636 valence electrons. The number of hydrogen-bond donors (Lipinski definition) is 0. The van der Waals surface area contributed by atoms with Gasteiger partial charge in [-0.2, -0.15) is 18.4 Å². The molecule has 0 bridgehead atoms. The average molecular weight is 1800 g/mol. The zero-order chi connectivity index (χ0) is 90.0. The lowest BCUT2D eigenvalue weighted by Crippen LogP contribution is -2.12. The van der Waals surface area contributed by atoms with Crippen LogP contribution >= 0.6 is 57.5 Å². The Morgan fingerprint density at radius 1 is 0.373 bits per heavy atom. The molecule has 126 heavy (non-hydrogen) atoms. The fourth-order valence-corrected chi connectivity index (χ4v) is 13.8. The molecule has 15 aromatic rings. The van der Waals surface area contributed by atoms with Gasteiger partial charge in [0.1, 0.15) is 52.5 Å². The van der Waals surface area contributed by atoms with Crippen molar-refractivity contribution in [3.63, 3.8) is 0 Å². The van der Waals surface area contributed by atoms with Gasteiger partial charge < -0.3 is 24.5 Å². The number of benzene rings is 5. The Morgan fingerprint density at radius 2 is 0.762 bits per heavy atom. The number of hydrogen-bond acceptors (Lipinski definition) is 26. The van der Waals surface area contributed by atoms with Crippen LogP contribution in [0.5, 0.6) is 0 Å². The number of rotatable bonds is 25. The Hall–Kier alpha value is -14.4. The third-order valence-electron chi connectivity index (χ3n) is 18.5. The Kier molecular flexibility index (Phi) is 32.3. The third kappa shape index (κ3) is 26.8. The van der Waals surface area contributed by atoms with Crippen LogP contribution in [0.3, 0.4) is 0 Å². The highest BCUT2D eigenvalue weighted by atomic mass is 35.5. The number of aryl methyl sites for hydroxylation is 1. The van der Waals surface area contributed by atoms with E-state index >= 15 is 0 Å². The van der Waals surface area contributed by atoms with Gasteiger partial charge in [-0.3, -0.25) is 48.9 Å². The number of anilines is 10. The van der Waals surface area contributed by atoms with Crippen molar-refractivity contribution >= 4 is 143 Å². The molecular formula is C91H72Cl3F6N19O5S2. The topological polar surface area (TPSA) is 293 Å². The summed E-state index contributed by atoms with van der Waals surface area (Å²) in [5.41, 5.74) is 10.7. The van der Waals surface area contributed by atoms with E-state index < -0.39 is 29.2 Å². The van der Waals surface area contributed by atoms with Crippen molar-refractivity contribution < 1.29 is 50.3 Å². The van der Waals surface area contributed by atoms with Crippen LogP contribution in [0.4, 0.5) is 83.2 Å². The number of nitrogens with zero attached hydrogens (tertiary/aromatic N) is 19. The van der Waals surface area contributed by atoms with Crippen LogP contribution < -0.4 is 24.5 Å². The van der Waals surface area contributed by atoms with Gasteiger partial charge in [0.25, 0.3) is 0 Å². The number of pyridine rings is 5. The Labute approximate surface area is 742 Å². The molecule has 0 saturated heterocycles. The molecule has 0 unspecified atom stereocenters. The second-order valence-corrected chi connectivity index (χ2v) is 30.7. The van der Waals surface area contributed by atoms with Crippen LogP contribution in [-0.2, 0) is 38.3 Å². The summed E-state index contributed by atoms with van der Waals surface area (Å²) >= 11 is 20.8. The first-order chi connectivity index (χ1) is 60.5. The summed E-state index contributed by atoms with van der Waals surface area (Å²) in [6, 6.07) is 41.4. The predicted molar refractivity (Wildman–Crippen MR) is 474 cm³/mol. The van der Waals surface area contributed by atoms with E-state index in [1.165, 1.54) is 96.4 Å². The van der Waals surface area contributed by atoms with Crippen LogP contribution in [0.2, 0.25) is 15.1 Å². The number of carbonyl (C=O) groups is 5. The van der Waals surface area contributed by atoms with Crippen molar-refractivity contribution in [2.75, 3.05) is 59.7 Å². The molecule has 35 heteroatoms. The molecule has 0 aliphatic rings. The lowest BCUT2D eigenvalue weighted by molar-refractivity contribution is -0.137. The summed E-state index contributed by atoms with van der Waals surface area (Å²) in [6.07, 6.45) is 22.3. The van der Waals surface area contributed by atoms with Gasteiger partial charge in [-0.15, -0.1) is 22.7 Å². The lowest BCUT2D eigenvalue weighted by Gasteiger charge is -2.19. The third-order valence-corrected chi connectivity index (χ3v) is 20.8. The second-order valence-electron chi connectivity index (χ2n) is 27.5. The minimum atomic E-state index is -4.47. The smallest absolute Gasteiger partial charge is 0.343 e. The fraction of sp³-hybridized carbons (Fsp3) is 0.132. The normalized spacial score (nSPS) is 10.7. The number of alkyl halides is 3. The SMILES string of the molecule is CN(c1cccnc1)c1cc(F)cc(C(=O)Cc2nc(C#N)cs2)c1.CN(c1cccnc1)c1cc(F)cc(C(=O)Cc2nccs2)c1.CN(c1cncnc1)c1cc(Cl)cc(C(=O)Cc2ccc(C(F)(F)F)cn2)c1.CN(c1cncnc1)c1cc(Cl)cc(C(=O)Cc2ccc(Cl)cn2)c1.Cc1ccnc(CC(=O)c2cc(F)cc(N(C)c3cncnc3)c2)c1. The Bertz CT molecular complexity index is 6290. The second kappa shape index (κ2) is 44.1. The molecule has 15 rings (SSSR count). The van der Waals surface area contributed by atoms with Crippen molar-refractivity contribution in [2.24, 2.45) is 0 Å². The molecule has 10 aromatic heterocycles. The first kappa shape index (κ1) is 92.4. The molecule has 0 spiro atoms. The number of Topliss-reactive ketones (excluding diaryl/α,β-unsaturated/α-hetero) is 5. The van der Waals surface area contributed by atoms with Crippen molar-refractivity contribution in [3.05, 3.63) is 372 Å². The average Bonchev–Trinajstić information content (AvgIpc) is 0.849. The largest absolute Gasteiger partial charge is 0.417 e. The van der Waals surface area contributed by atoms with E-state index in [0.29, 0.717) is 87.8 Å². The van der Waals surface area contributed by atoms with Gasteiger partial charge in [-0.05, 0) is 164 Å². The summed E-state index contributed by atoms with van der Waals surface area (Å²) < 4.78 is 79.8. The van der Waals surface area contributed by atoms with E-state index in [2.05, 4.69) is 64.8 Å². The van der Waals surface area contributed by atoms with E-state index in [-0.39, 0.29) is 78.0 Å². The summed E-state index contributed by atoms with van der Waals surface area (Å²) in [5.74, 6) is -2.38. The van der Waals surface area contributed by atoms with Crippen molar-refractivity contribution in [3.8, 4) is 6.07 Å². The first-order valence-electron chi connectivity index (χ1n) is 37.7. The number of thiazole rings is 2. The quantitative estimate of drug-likeness (QED) is 0.0379. The van der Waals surface area contributed by atoms with E-state index in [1.807, 2.05) is 54.6 Å². The van der Waals surface area contributed by atoms with Crippen LogP contribution in [-0.4, -0.2) is 129 Å². The van der Waals surface area contributed by atoms with Crippen molar-refractivity contribution in [1.29, 1.82) is 5.26 Å². The number of ketones is 5. The van der Waals surface area contributed by atoms with E-state index in [1.54, 1.807) is 200 Å². The standard InChI is InChI=1S/C19H14ClF3N4O.C19H17FN4O.C18H14Cl2N4O.C18H13FN4OS.C17H14FN3OS/c1-27(17-9-24-11-25-10-17)16-5-12(4-14(20)6-16)18(28)7-15-3-2-13(8-26-15)19(21,22)23;1-13-3-4-23-16(5-13)9-19(25)14-6-15(20)8-17(7-14)24(2)18-10-21-12-22-11-18;1-24(17-9-21-11-22-10-17)16-5-12(4-14(20)6-16)18(25)7-15-3-2-13(19)8-23-15;1-23(15-3-2-4-21-10-15)16-6-12(5-13(19)7-16)17(24)8-18-22-14(9-20)11-25-18;1-21(14-3-2-4-19-11-14)15-8-12(7-13(18)9-15)16(22)10-17-20-5-6-23-17/h2-6,8-11H,7H2,1H3;3-8,10-12H,9H2,1-2H3;2-6,8-11H,7H2,1H3;2-7,10-11H,8H2,1H3;2-9,11H,10H2,1H3. The van der Waals surface area contributed by atoms with Gasteiger partial charge in [-0.1, -0.05) is 34.8 Å². The van der Waals surface area contributed by atoms with E-state index in [9.17, 15) is 50.3 Å². The Morgan fingerprint density at radius 3 is 1.13 bits per heavy atom. The van der Waals surface area contributed by atoms with Gasteiger partial charge in [0, 0.05) is 167 Å². The van der Waals surface area contributed by atoms with Gasteiger partial charge in [-0.25, -0.2) is 53.0 Å². The number of carbonyl (C=O) groups excluding carboxylic acids is 5. The van der Waals surface area contributed by atoms with Crippen LogP contribution in [0.15, 0.2) is 268 Å². The Balaban J connectivity index is 0.000000153. The zero-order valence-electron chi connectivity index (χ0n) is 67.7. The lowest BCUT2D eigenvalue weighted by atomic mass is 10.0. The fourth-order valence-electron chi connectivity index (χ4n) is 11.9. The maximum absolute atomic E-state index is 14.0. The monoisotopic (exact) mass is 1790 g/mol. The predicted octanol–water partition coefficient (Wildman–Crippen LogP) is 20.2. The molecule has 0 radical (unpaired) electrons. The van der Waals surface area contributed by atoms with E-state index in [0.717, 1.165) is 45.6 Å². The van der Waals surface area contributed by atoms with Crippen LogP contribution in [0.25, 0.3) is 0 Å². The highest BCUT2D eigenvalue weighted by Crippen LogP contribution is 2.34. The molecule has 0 amide bonds. The molecule has 5 aromatic carbocycles. The van der Waals surface area contributed by atoms with Gasteiger partial charge >= 0.3 is 6.18 Å². The maximum atomic E-state index is 14.0. The summed E-state index contributed by atoms with van der Waals surface area (Å²) in [4.78, 5) is 124. The van der Waals surface area contributed by atoms with Gasteiger partial charge in [0.2, 0.25) is 0 Å². The molecule has 0 saturated carbocycles. The molecule has 10 heterocycles. The minimum Gasteiger partial charge on any atom is -0.343 e. The number of aromatic nitrogens is 13. The maximum Gasteiger partial charge on any atom is 0.417 e. The van der Waals surface area contributed by atoms with Crippen molar-refractivity contribution in [1.82, 2.24) is 64.8 Å². The van der Waals surface area contributed by atoms with E-state index in [4.69, 9.17) is 40.1 Å². The first-order valence-corrected chi connectivity index (χ1v) is 40.6. The van der Waals surface area contributed by atoms with Crippen molar-refractivity contribution in [2.45, 2.75) is 45.2 Å². The highest BCUT2D eigenvalue weighted by Gasteiger charge is 2.31. The molecule has 0 fully saturated rings. The summed E-state index contributed by atoms with van der Waals surface area (Å²) in [5, 5.41) is 14.8. The van der Waals surface area contributed by atoms with Gasteiger partial charge in [0.15, 0.2) is 34.6 Å². The summed E-state index contributed by atoms with van der Waals surface area (Å²) in [7, 11) is 8.99. The van der Waals surface area contributed by atoms with Crippen LogP contribution in [0, 0.1) is 35.7 Å². The number of nitriles is 1.